The molecule has 1 N–H and O–H groups in total. The van der Waals surface area contributed by atoms with Gasteiger partial charge in [0.25, 0.3) is 0 Å². The molecule has 20 heavy (non-hydrogen) atoms. The summed E-state index contributed by atoms with van der Waals surface area (Å²) in [5.41, 5.74) is 1.85. The van der Waals surface area contributed by atoms with Crippen LogP contribution in [0.1, 0.15) is 5.56 Å². The van der Waals surface area contributed by atoms with E-state index in [9.17, 15) is 0 Å². The summed E-state index contributed by atoms with van der Waals surface area (Å²) in [4.78, 5) is 0. The van der Waals surface area contributed by atoms with Crippen molar-refractivity contribution >= 4 is 44.8 Å². The predicted octanol–water partition coefficient (Wildman–Crippen LogP) is 5.10. The lowest BCUT2D eigenvalue weighted by atomic mass is 10.2. The Labute approximate surface area is 134 Å². The lowest BCUT2D eigenvalue weighted by Gasteiger charge is -2.10. The first kappa shape index (κ1) is 13.9. The zero-order valence-electron chi connectivity index (χ0n) is 10.3. The van der Waals surface area contributed by atoms with Gasteiger partial charge in [-0.3, -0.25) is 0 Å². The second-order valence-corrected chi connectivity index (χ2v) is 6.02. The first-order valence-corrected chi connectivity index (χ1v) is 7.45. The van der Waals surface area contributed by atoms with E-state index in [1.807, 2.05) is 30.3 Å². The molecule has 0 saturated heterocycles. The fourth-order valence-electron chi connectivity index (χ4n) is 1.95. The number of ether oxygens (including phenoxy) is 2. The van der Waals surface area contributed by atoms with Crippen LogP contribution >= 0.6 is 39.1 Å². The highest BCUT2D eigenvalue weighted by atomic mass is 79.9. The molecule has 0 aliphatic carbocycles. The van der Waals surface area contributed by atoms with Crippen LogP contribution in [0.2, 0.25) is 10.0 Å². The second-order valence-electron chi connectivity index (χ2n) is 4.29. The molecule has 1 aliphatic heterocycles. The van der Waals surface area contributed by atoms with Crippen molar-refractivity contribution in [3.63, 3.8) is 0 Å². The zero-order valence-corrected chi connectivity index (χ0v) is 13.3. The normalized spacial score (nSPS) is 12.6. The summed E-state index contributed by atoms with van der Waals surface area (Å²) in [7, 11) is 0. The summed E-state index contributed by atoms with van der Waals surface area (Å²) in [6, 6.07) is 9.42. The van der Waals surface area contributed by atoms with Gasteiger partial charge in [0, 0.05) is 11.0 Å². The molecule has 2 aromatic carbocycles. The van der Waals surface area contributed by atoms with E-state index in [0.717, 1.165) is 15.7 Å². The van der Waals surface area contributed by atoms with Crippen LogP contribution in [0.5, 0.6) is 11.5 Å². The Bertz CT molecular complexity index is 664. The lowest BCUT2D eigenvalue weighted by molar-refractivity contribution is 0.174. The molecule has 0 unspecified atom stereocenters. The van der Waals surface area contributed by atoms with E-state index >= 15 is 0 Å². The van der Waals surface area contributed by atoms with E-state index in [1.165, 1.54) is 0 Å². The summed E-state index contributed by atoms with van der Waals surface area (Å²) in [6.45, 7) is 0.802. The fourth-order valence-corrected chi connectivity index (χ4v) is 2.79. The number of benzene rings is 2. The SMILES string of the molecule is Clc1ccc(Br)cc1NCc1cc(Cl)c2c(c1)OCO2. The zero-order chi connectivity index (χ0) is 14.1. The molecule has 0 atom stereocenters. The van der Waals surface area contributed by atoms with Crippen LogP contribution in [0, 0.1) is 0 Å². The molecule has 3 nitrogen and oxygen atoms in total. The van der Waals surface area contributed by atoms with Crippen LogP contribution < -0.4 is 14.8 Å². The van der Waals surface area contributed by atoms with E-state index in [0.29, 0.717) is 28.1 Å². The van der Waals surface area contributed by atoms with Crippen molar-refractivity contribution in [3.05, 3.63) is 50.4 Å². The van der Waals surface area contributed by atoms with Gasteiger partial charge in [0.05, 0.1) is 15.7 Å². The van der Waals surface area contributed by atoms with E-state index < -0.39 is 0 Å². The highest BCUT2D eigenvalue weighted by Crippen LogP contribution is 2.40. The summed E-state index contributed by atoms with van der Waals surface area (Å²) in [5.74, 6) is 1.28. The molecule has 1 heterocycles. The predicted molar refractivity (Wildman–Crippen MR) is 84.1 cm³/mol. The lowest BCUT2D eigenvalue weighted by Crippen LogP contribution is -2.00. The first-order valence-electron chi connectivity index (χ1n) is 5.90. The standard InChI is InChI=1S/C14H10BrCl2NO2/c15-9-1-2-10(16)12(5-9)18-6-8-3-11(17)14-13(4-8)19-7-20-14/h1-5,18H,6-7H2. The number of hydrogen-bond acceptors (Lipinski definition) is 3. The molecule has 0 aromatic heterocycles. The molecule has 0 saturated carbocycles. The van der Waals surface area contributed by atoms with Crippen LogP contribution in [-0.4, -0.2) is 6.79 Å². The number of rotatable bonds is 3. The third-order valence-corrected chi connectivity index (χ3v) is 4.00. The summed E-state index contributed by atoms with van der Waals surface area (Å²) >= 11 is 15.7. The highest BCUT2D eigenvalue weighted by Gasteiger charge is 2.18. The average Bonchev–Trinajstić information content (AvgIpc) is 2.89. The van der Waals surface area contributed by atoms with Crippen molar-refractivity contribution in [2.75, 3.05) is 12.1 Å². The van der Waals surface area contributed by atoms with Crippen molar-refractivity contribution in [1.82, 2.24) is 0 Å². The summed E-state index contributed by atoms with van der Waals surface area (Å²) in [5, 5.41) is 4.49. The largest absolute Gasteiger partial charge is 0.454 e. The summed E-state index contributed by atoms with van der Waals surface area (Å²) < 4.78 is 11.6. The van der Waals surface area contributed by atoms with Crippen molar-refractivity contribution in [1.29, 1.82) is 0 Å². The molecule has 104 valence electrons. The number of nitrogens with one attached hydrogen (secondary N) is 1. The molecule has 3 rings (SSSR count). The van der Waals surface area contributed by atoms with Gasteiger partial charge in [-0.1, -0.05) is 39.1 Å². The van der Waals surface area contributed by atoms with E-state index in [4.69, 9.17) is 32.7 Å². The Balaban J connectivity index is 1.79. The minimum absolute atomic E-state index is 0.212. The summed E-state index contributed by atoms with van der Waals surface area (Å²) in [6.07, 6.45) is 0. The average molecular weight is 375 g/mol. The van der Waals surface area contributed by atoms with E-state index in [2.05, 4.69) is 21.2 Å². The van der Waals surface area contributed by atoms with Crippen molar-refractivity contribution < 1.29 is 9.47 Å². The first-order chi connectivity index (χ1) is 9.63. The molecule has 6 heteroatoms. The van der Waals surface area contributed by atoms with Gasteiger partial charge in [0.2, 0.25) is 6.79 Å². The maximum Gasteiger partial charge on any atom is 0.231 e. The Kier molecular flexibility index (Phi) is 3.96. The Morgan fingerprint density at radius 3 is 2.80 bits per heavy atom. The molecule has 0 fully saturated rings. The van der Waals surface area contributed by atoms with Gasteiger partial charge in [-0.05, 0) is 35.9 Å². The minimum atomic E-state index is 0.212. The van der Waals surface area contributed by atoms with Crippen LogP contribution in [0.3, 0.4) is 0 Å². The molecular weight excluding hydrogens is 365 g/mol. The van der Waals surface area contributed by atoms with Crippen molar-refractivity contribution in [3.8, 4) is 11.5 Å². The van der Waals surface area contributed by atoms with Crippen LogP contribution in [0.25, 0.3) is 0 Å². The van der Waals surface area contributed by atoms with Gasteiger partial charge in [0.1, 0.15) is 0 Å². The Morgan fingerprint density at radius 1 is 1.10 bits per heavy atom. The van der Waals surface area contributed by atoms with Gasteiger partial charge < -0.3 is 14.8 Å². The Morgan fingerprint density at radius 2 is 1.95 bits per heavy atom. The van der Waals surface area contributed by atoms with Crippen molar-refractivity contribution in [2.45, 2.75) is 6.54 Å². The maximum absolute atomic E-state index is 6.15. The number of fused-ring (bicyclic) bond motifs is 1. The highest BCUT2D eigenvalue weighted by molar-refractivity contribution is 9.10. The number of halogens is 3. The van der Waals surface area contributed by atoms with E-state index in [-0.39, 0.29) is 6.79 Å². The quantitative estimate of drug-likeness (QED) is 0.810. The number of anilines is 1. The van der Waals surface area contributed by atoms with Gasteiger partial charge >= 0.3 is 0 Å². The second kappa shape index (κ2) is 5.72. The fraction of sp³-hybridized carbons (Fsp3) is 0.143. The molecule has 2 aromatic rings. The Hall–Kier alpha value is -1.10. The van der Waals surface area contributed by atoms with Crippen LogP contribution in [0.4, 0.5) is 5.69 Å². The number of hydrogen-bond donors (Lipinski definition) is 1. The van der Waals surface area contributed by atoms with Crippen LogP contribution in [-0.2, 0) is 6.54 Å². The van der Waals surface area contributed by atoms with Gasteiger partial charge in [-0.25, -0.2) is 0 Å². The molecule has 0 spiro atoms. The van der Waals surface area contributed by atoms with Gasteiger partial charge in [-0.2, -0.15) is 0 Å². The molecule has 0 bridgehead atoms. The minimum Gasteiger partial charge on any atom is -0.454 e. The molecule has 1 aliphatic rings. The third kappa shape index (κ3) is 2.82. The molecule has 0 amide bonds. The van der Waals surface area contributed by atoms with Crippen molar-refractivity contribution in [2.24, 2.45) is 0 Å². The smallest absolute Gasteiger partial charge is 0.231 e. The molecular formula is C14H10BrCl2NO2. The molecule has 0 radical (unpaired) electrons. The van der Waals surface area contributed by atoms with Gasteiger partial charge in [-0.15, -0.1) is 0 Å². The monoisotopic (exact) mass is 373 g/mol. The maximum atomic E-state index is 6.15. The van der Waals surface area contributed by atoms with Crippen LogP contribution in [0.15, 0.2) is 34.8 Å². The topological polar surface area (TPSA) is 30.5 Å². The third-order valence-electron chi connectivity index (χ3n) is 2.90. The van der Waals surface area contributed by atoms with Gasteiger partial charge in [0.15, 0.2) is 11.5 Å². The van der Waals surface area contributed by atoms with E-state index in [1.54, 1.807) is 0 Å².